The number of benzene rings is 2. The van der Waals surface area contributed by atoms with Crippen molar-refractivity contribution in [2.45, 2.75) is 51.2 Å². The fourth-order valence-electron chi connectivity index (χ4n) is 4.95. The summed E-state index contributed by atoms with van der Waals surface area (Å²) in [5.41, 5.74) is 8.05. The highest BCUT2D eigenvalue weighted by Crippen LogP contribution is 2.38. The van der Waals surface area contributed by atoms with Crippen LogP contribution in [0.4, 0.5) is 10.5 Å². The average molecular weight is 439 g/mol. The molecular formula is C23H26N4O3S. The molecule has 2 aliphatic rings. The standard InChI is InChI=1S/C23H26N4O3S/c1-14-24-20-10-9-15(11-21(20)27(14)2)13-31(29,30)26-23(28)25-22-18-7-3-5-16(18)12-17-6-4-8-19(17)22/h9-12H,3-8,13H2,1-2H3,(H2,25,26,28). The van der Waals surface area contributed by atoms with Crippen molar-refractivity contribution < 1.29 is 13.2 Å². The van der Waals surface area contributed by atoms with E-state index in [4.69, 9.17) is 0 Å². The maximum absolute atomic E-state index is 12.7. The average Bonchev–Trinajstić information content (AvgIpc) is 3.41. The van der Waals surface area contributed by atoms with E-state index < -0.39 is 16.1 Å². The van der Waals surface area contributed by atoms with Crippen LogP contribution in [0.25, 0.3) is 11.0 Å². The number of rotatable bonds is 4. The predicted molar refractivity (Wildman–Crippen MR) is 121 cm³/mol. The van der Waals surface area contributed by atoms with Crippen molar-refractivity contribution in [2.24, 2.45) is 7.05 Å². The first-order chi connectivity index (χ1) is 14.8. The molecule has 2 N–H and O–H groups in total. The monoisotopic (exact) mass is 438 g/mol. The number of aromatic nitrogens is 2. The summed E-state index contributed by atoms with van der Waals surface area (Å²) in [5.74, 6) is 0.585. The van der Waals surface area contributed by atoms with Crippen LogP contribution in [-0.4, -0.2) is 24.0 Å². The van der Waals surface area contributed by atoms with Crippen LogP contribution in [0.15, 0.2) is 24.3 Å². The van der Waals surface area contributed by atoms with E-state index in [0.717, 1.165) is 61.1 Å². The van der Waals surface area contributed by atoms with Crippen LogP contribution in [-0.2, 0) is 48.5 Å². The van der Waals surface area contributed by atoms with Crippen LogP contribution < -0.4 is 10.0 Å². The molecule has 162 valence electrons. The van der Waals surface area contributed by atoms with Crippen molar-refractivity contribution in [3.05, 3.63) is 57.9 Å². The van der Waals surface area contributed by atoms with Crippen molar-refractivity contribution in [1.29, 1.82) is 0 Å². The molecule has 1 heterocycles. The van der Waals surface area contributed by atoms with Gasteiger partial charge in [0, 0.05) is 12.7 Å². The number of hydrogen-bond donors (Lipinski definition) is 2. The van der Waals surface area contributed by atoms with E-state index >= 15 is 0 Å². The Balaban J connectivity index is 1.35. The van der Waals surface area contributed by atoms with Crippen LogP contribution in [0, 0.1) is 6.92 Å². The first kappa shape index (κ1) is 20.1. The Morgan fingerprint density at radius 2 is 1.74 bits per heavy atom. The molecule has 3 aromatic rings. The first-order valence-electron chi connectivity index (χ1n) is 10.7. The number of carbonyl (C=O) groups excluding carboxylic acids is 1. The minimum atomic E-state index is -3.85. The van der Waals surface area contributed by atoms with Crippen molar-refractivity contribution in [3.8, 4) is 0 Å². The fraction of sp³-hybridized carbons (Fsp3) is 0.391. The Morgan fingerprint density at radius 1 is 1.06 bits per heavy atom. The van der Waals surface area contributed by atoms with E-state index in [2.05, 4.69) is 21.1 Å². The second-order valence-electron chi connectivity index (χ2n) is 8.59. The summed E-state index contributed by atoms with van der Waals surface area (Å²) < 4.78 is 29.5. The van der Waals surface area contributed by atoms with Gasteiger partial charge in [-0.3, -0.25) is 0 Å². The van der Waals surface area contributed by atoms with Gasteiger partial charge in [-0.25, -0.2) is 22.9 Å². The zero-order valence-corrected chi connectivity index (χ0v) is 18.6. The van der Waals surface area contributed by atoms with E-state index in [0.29, 0.717) is 5.56 Å². The summed E-state index contributed by atoms with van der Waals surface area (Å²) in [6, 6.07) is 6.95. The second kappa shape index (κ2) is 7.37. The summed E-state index contributed by atoms with van der Waals surface area (Å²) in [4.78, 5) is 17.1. The van der Waals surface area contributed by atoms with Gasteiger partial charge in [0.25, 0.3) is 0 Å². The summed E-state index contributed by atoms with van der Waals surface area (Å²) >= 11 is 0. The Hall–Kier alpha value is -2.87. The first-order valence-corrected chi connectivity index (χ1v) is 12.4. The lowest BCUT2D eigenvalue weighted by atomic mass is 9.99. The fourth-order valence-corrected chi connectivity index (χ4v) is 5.97. The van der Waals surface area contributed by atoms with Gasteiger partial charge in [-0.1, -0.05) is 12.1 Å². The number of sulfonamides is 1. The van der Waals surface area contributed by atoms with Crippen molar-refractivity contribution in [3.63, 3.8) is 0 Å². The third-order valence-corrected chi connectivity index (χ3v) is 7.70. The number of aryl methyl sites for hydroxylation is 4. The number of nitrogens with one attached hydrogen (secondary N) is 2. The normalized spacial score (nSPS) is 15.2. The quantitative estimate of drug-likeness (QED) is 0.652. The molecule has 5 rings (SSSR count). The molecule has 2 aliphatic carbocycles. The third kappa shape index (κ3) is 3.69. The van der Waals surface area contributed by atoms with Gasteiger partial charge in [0.1, 0.15) is 5.82 Å². The molecule has 0 bridgehead atoms. The Morgan fingerprint density at radius 3 is 2.42 bits per heavy atom. The molecule has 2 amide bonds. The number of hydrogen-bond acceptors (Lipinski definition) is 4. The Labute approximate surface area is 181 Å². The van der Waals surface area contributed by atoms with Gasteiger partial charge in [-0.2, -0.15) is 0 Å². The molecule has 1 aromatic heterocycles. The van der Waals surface area contributed by atoms with Crippen molar-refractivity contribution in [2.75, 3.05) is 5.32 Å². The minimum Gasteiger partial charge on any atom is -0.331 e. The van der Waals surface area contributed by atoms with E-state index in [1.54, 1.807) is 6.07 Å². The van der Waals surface area contributed by atoms with Crippen LogP contribution >= 0.6 is 0 Å². The maximum Gasteiger partial charge on any atom is 0.332 e. The Kier molecular flexibility index (Phi) is 4.77. The molecule has 0 atom stereocenters. The summed E-state index contributed by atoms with van der Waals surface area (Å²) in [6.45, 7) is 1.90. The molecule has 2 aromatic carbocycles. The zero-order valence-electron chi connectivity index (χ0n) is 17.8. The lowest BCUT2D eigenvalue weighted by Crippen LogP contribution is -2.35. The van der Waals surface area contributed by atoms with Gasteiger partial charge in [0.2, 0.25) is 10.0 Å². The second-order valence-corrected chi connectivity index (χ2v) is 10.3. The highest BCUT2D eigenvalue weighted by Gasteiger charge is 2.26. The highest BCUT2D eigenvalue weighted by atomic mass is 32.2. The molecule has 0 spiro atoms. The third-order valence-electron chi connectivity index (χ3n) is 6.49. The topological polar surface area (TPSA) is 93.1 Å². The number of fused-ring (bicyclic) bond motifs is 3. The van der Waals surface area contributed by atoms with Gasteiger partial charge in [-0.05, 0) is 85.4 Å². The van der Waals surface area contributed by atoms with Gasteiger partial charge < -0.3 is 9.88 Å². The molecule has 0 radical (unpaired) electrons. The maximum atomic E-state index is 12.7. The number of anilines is 1. The summed E-state index contributed by atoms with van der Waals surface area (Å²) in [6.07, 6.45) is 6.04. The molecule has 0 saturated carbocycles. The van der Waals surface area contributed by atoms with Crippen LogP contribution in [0.1, 0.15) is 46.5 Å². The smallest absolute Gasteiger partial charge is 0.331 e. The lowest BCUT2D eigenvalue weighted by Gasteiger charge is -2.16. The van der Waals surface area contributed by atoms with Crippen LogP contribution in [0.3, 0.4) is 0 Å². The van der Waals surface area contributed by atoms with Crippen LogP contribution in [0.5, 0.6) is 0 Å². The number of amides is 2. The molecule has 0 unspecified atom stereocenters. The van der Waals surface area contributed by atoms with Gasteiger partial charge in [0.15, 0.2) is 0 Å². The summed E-state index contributed by atoms with van der Waals surface area (Å²) in [7, 11) is -1.95. The molecule has 7 nitrogen and oxygen atoms in total. The molecule has 0 aliphatic heterocycles. The van der Waals surface area contributed by atoms with Crippen molar-refractivity contribution in [1.82, 2.24) is 14.3 Å². The molecular weight excluding hydrogens is 412 g/mol. The molecule has 0 fully saturated rings. The molecule has 0 saturated heterocycles. The highest BCUT2D eigenvalue weighted by molar-refractivity contribution is 7.89. The zero-order chi connectivity index (χ0) is 21.8. The SMILES string of the molecule is Cc1nc2ccc(CS(=O)(=O)NC(=O)Nc3c4c(cc5c3CCC5)CCC4)cc2n1C. The minimum absolute atomic E-state index is 0.272. The van der Waals surface area contributed by atoms with Gasteiger partial charge in [0.05, 0.1) is 16.8 Å². The van der Waals surface area contributed by atoms with E-state index in [-0.39, 0.29) is 5.75 Å². The number of carbonyl (C=O) groups is 1. The molecule has 8 heteroatoms. The predicted octanol–water partition coefficient (Wildman–Crippen LogP) is 3.51. The van der Waals surface area contributed by atoms with E-state index in [9.17, 15) is 13.2 Å². The lowest BCUT2D eigenvalue weighted by molar-refractivity contribution is 0.256. The van der Waals surface area contributed by atoms with Crippen molar-refractivity contribution >= 4 is 32.8 Å². The van der Waals surface area contributed by atoms with Gasteiger partial charge >= 0.3 is 6.03 Å². The van der Waals surface area contributed by atoms with Crippen LogP contribution in [0.2, 0.25) is 0 Å². The van der Waals surface area contributed by atoms with E-state index in [1.165, 1.54) is 22.3 Å². The largest absolute Gasteiger partial charge is 0.332 e. The molecule has 31 heavy (non-hydrogen) atoms. The number of imidazole rings is 1. The van der Waals surface area contributed by atoms with Gasteiger partial charge in [-0.15, -0.1) is 0 Å². The number of nitrogens with zero attached hydrogens (tertiary/aromatic N) is 2. The summed E-state index contributed by atoms with van der Waals surface area (Å²) in [5, 5.41) is 2.88. The van der Waals surface area contributed by atoms with E-state index in [1.807, 2.05) is 30.7 Å². The number of urea groups is 1. The Bertz CT molecular complexity index is 1290.